The molecule has 0 aromatic heterocycles. The molecule has 0 aliphatic carbocycles. The third kappa shape index (κ3) is 2.67. The molecule has 0 unspecified atom stereocenters. The van der Waals surface area contributed by atoms with E-state index in [0.29, 0.717) is 4.90 Å². The standard InChI is InChI=1S/C8H10NOS.Li/c1-9-11(2,10)8-6-4-3-5-7-8;/h3-7H,2H2,1H3;/q-1;+1/t11-;/m0./s1. The normalized spacial score (nSPS) is 14.2. The Hall–Kier alpha value is -0.233. The fourth-order valence-electron chi connectivity index (χ4n) is 0.739. The second-order valence-electron chi connectivity index (χ2n) is 2.14. The Morgan fingerprint density at radius 2 is 1.83 bits per heavy atom. The van der Waals surface area contributed by atoms with E-state index in [4.69, 9.17) is 0 Å². The maximum atomic E-state index is 11.5. The summed E-state index contributed by atoms with van der Waals surface area (Å²) in [4.78, 5) is 0.683. The van der Waals surface area contributed by atoms with E-state index in [2.05, 4.69) is 10.6 Å². The first kappa shape index (κ1) is 11.8. The average molecular weight is 175 g/mol. The van der Waals surface area contributed by atoms with Crippen LogP contribution >= 0.6 is 0 Å². The van der Waals surface area contributed by atoms with Crippen LogP contribution in [0.1, 0.15) is 0 Å². The number of hydrogen-bond acceptors (Lipinski definition) is 2. The summed E-state index contributed by atoms with van der Waals surface area (Å²) >= 11 is 0. The Morgan fingerprint density at radius 3 is 2.25 bits per heavy atom. The van der Waals surface area contributed by atoms with Crippen LogP contribution in [0.15, 0.2) is 39.6 Å². The van der Waals surface area contributed by atoms with Crippen LogP contribution in [0.2, 0.25) is 0 Å². The molecule has 60 valence electrons. The van der Waals surface area contributed by atoms with Crippen molar-refractivity contribution in [1.82, 2.24) is 0 Å². The quantitative estimate of drug-likeness (QED) is 0.395. The van der Waals surface area contributed by atoms with E-state index in [1.54, 1.807) is 12.1 Å². The van der Waals surface area contributed by atoms with Gasteiger partial charge in [-0.3, -0.25) is 8.57 Å². The number of rotatable bonds is 1. The van der Waals surface area contributed by atoms with Gasteiger partial charge in [0.1, 0.15) is 0 Å². The van der Waals surface area contributed by atoms with Crippen LogP contribution in [0.4, 0.5) is 0 Å². The largest absolute Gasteiger partial charge is 1.00 e. The van der Waals surface area contributed by atoms with Gasteiger partial charge in [0.25, 0.3) is 0 Å². The second-order valence-corrected chi connectivity index (χ2v) is 4.25. The van der Waals surface area contributed by atoms with E-state index in [0.717, 1.165) is 0 Å². The second kappa shape index (κ2) is 4.71. The molecule has 0 radical (unpaired) electrons. The van der Waals surface area contributed by atoms with Crippen molar-refractivity contribution < 1.29 is 23.1 Å². The van der Waals surface area contributed by atoms with Gasteiger partial charge in [0.2, 0.25) is 0 Å². The zero-order valence-electron chi connectivity index (χ0n) is 7.36. The van der Waals surface area contributed by atoms with Gasteiger partial charge in [0.05, 0.1) is 0 Å². The summed E-state index contributed by atoms with van der Waals surface area (Å²) < 4.78 is 15.2. The van der Waals surface area contributed by atoms with Crippen molar-refractivity contribution in [1.29, 1.82) is 0 Å². The summed E-state index contributed by atoms with van der Waals surface area (Å²) in [7, 11) is -0.857. The van der Waals surface area contributed by atoms with Crippen molar-refractivity contribution >= 4 is 9.73 Å². The van der Waals surface area contributed by atoms with Crippen LogP contribution in [0.25, 0.3) is 0 Å². The van der Waals surface area contributed by atoms with E-state index in [1.165, 1.54) is 7.05 Å². The number of hydrogen-bond donors (Lipinski definition) is 0. The number of benzene rings is 1. The summed E-state index contributed by atoms with van der Waals surface area (Å²) in [6, 6.07) is 9.05. The molecule has 0 aliphatic heterocycles. The summed E-state index contributed by atoms with van der Waals surface area (Å²) in [5, 5.41) is 0. The molecule has 1 rings (SSSR count). The van der Waals surface area contributed by atoms with Gasteiger partial charge >= 0.3 is 18.9 Å². The van der Waals surface area contributed by atoms with Crippen LogP contribution in [-0.2, 0) is 9.73 Å². The van der Waals surface area contributed by atoms with Crippen LogP contribution in [-0.4, -0.2) is 11.3 Å². The van der Waals surface area contributed by atoms with E-state index in [9.17, 15) is 4.21 Å². The molecule has 2 nitrogen and oxygen atoms in total. The Balaban J connectivity index is 0.00000121. The monoisotopic (exact) mass is 175 g/mol. The van der Waals surface area contributed by atoms with Gasteiger partial charge in [-0.1, -0.05) is 27.9 Å². The van der Waals surface area contributed by atoms with Crippen molar-refractivity contribution in [2.24, 2.45) is 4.36 Å². The summed E-state index contributed by atoms with van der Waals surface area (Å²) in [6.45, 7) is 0. The molecule has 12 heavy (non-hydrogen) atoms. The van der Waals surface area contributed by atoms with Crippen molar-refractivity contribution in [3.63, 3.8) is 0 Å². The van der Waals surface area contributed by atoms with Crippen LogP contribution in [0, 0.1) is 6.26 Å². The van der Waals surface area contributed by atoms with E-state index < -0.39 is 9.73 Å². The molecule has 1 aromatic carbocycles. The van der Waals surface area contributed by atoms with Crippen molar-refractivity contribution in [3.8, 4) is 0 Å². The van der Waals surface area contributed by atoms with Gasteiger partial charge in [-0.2, -0.15) is 0 Å². The summed E-state index contributed by atoms with van der Waals surface area (Å²) in [5.41, 5.74) is 0. The molecule has 0 spiro atoms. The SMILES string of the molecule is [CH2-][S@@](=O)(=NC)c1ccccc1.[Li+]. The molecule has 0 bridgehead atoms. The maximum absolute atomic E-state index is 11.5. The molecule has 0 saturated carbocycles. The van der Waals surface area contributed by atoms with Crippen LogP contribution < -0.4 is 18.9 Å². The molecular formula is C8H10LiNOS. The predicted octanol–water partition coefficient (Wildman–Crippen LogP) is -1.06. The zero-order chi connectivity index (χ0) is 8.32. The topological polar surface area (TPSA) is 29.4 Å². The summed E-state index contributed by atoms with van der Waals surface area (Å²) in [5.74, 6) is 0. The third-order valence-electron chi connectivity index (χ3n) is 1.41. The molecule has 0 N–H and O–H groups in total. The molecule has 1 aromatic rings. The summed E-state index contributed by atoms with van der Waals surface area (Å²) in [6.07, 6.45) is 3.52. The molecule has 0 amide bonds. The Morgan fingerprint density at radius 1 is 1.33 bits per heavy atom. The molecule has 0 saturated heterocycles. The van der Waals surface area contributed by atoms with Crippen molar-refractivity contribution in [2.75, 3.05) is 7.05 Å². The number of nitrogens with zero attached hydrogens (tertiary/aromatic N) is 1. The van der Waals surface area contributed by atoms with Gasteiger partial charge in [-0.05, 0) is 12.1 Å². The van der Waals surface area contributed by atoms with Crippen LogP contribution in [0.5, 0.6) is 0 Å². The molecule has 1 atom stereocenters. The van der Waals surface area contributed by atoms with E-state index in [1.807, 2.05) is 18.2 Å². The molecule has 0 fully saturated rings. The first-order chi connectivity index (χ1) is 5.17. The fourth-order valence-corrected chi connectivity index (χ4v) is 1.53. The first-order valence-electron chi connectivity index (χ1n) is 3.20. The van der Waals surface area contributed by atoms with Crippen molar-refractivity contribution in [3.05, 3.63) is 36.6 Å². The van der Waals surface area contributed by atoms with Gasteiger partial charge in [-0.25, -0.2) is 6.26 Å². The van der Waals surface area contributed by atoms with Gasteiger partial charge in [0, 0.05) is 11.9 Å². The van der Waals surface area contributed by atoms with Gasteiger partial charge < -0.3 is 0 Å². The van der Waals surface area contributed by atoms with Crippen molar-refractivity contribution in [2.45, 2.75) is 4.90 Å². The molecule has 4 heteroatoms. The first-order valence-corrected chi connectivity index (χ1v) is 4.88. The third-order valence-corrected chi connectivity index (χ3v) is 3.01. The Bertz CT molecular complexity index is 341. The average Bonchev–Trinajstić information content (AvgIpc) is 2.06. The maximum Gasteiger partial charge on any atom is 1.00 e. The molecular weight excluding hydrogens is 165 g/mol. The fraction of sp³-hybridized carbons (Fsp3) is 0.125. The van der Waals surface area contributed by atoms with E-state index >= 15 is 0 Å². The minimum atomic E-state index is -2.37. The van der Waals surface area contributed by atoms with Gasteiger partial charge in [-0.15, -0.1) is 0 Å². The predicted molar refractivity (Wildman–Crippen MR) is 46.6 cm³/mol. The molecule has 0 aliphatic rings. The minimum absolute atomic E-state index is 0. The zero-order valence-corrected chi connectivity index (χ0v) is 8.17. The van der Waals surface area contributed by atoms with E-state index in [-0.39, 0.29) is 18.9 Å². The Kier molecular flexibility index (Phi) is 4.62. The van der Waals surface area contributed by atoms with Crippen LogP contribution in [0.3, 0.4) is 0 Å². The Labute approximate surface area is 85.7 Å². The minimum Gasteiger partial charge on any atom is -0.278 e. The molecule has 0 heterocycles. The smallest absolute Gasteiger partial charge is 0.278 e. The van der Waals surface area contributed by atoms with Gasteiger partial charge in [0.15, 0.2) is 0 Å².